The minimum atomic E-state index is -2.83. The van der Waals surface area contributed by atoms with Crippen molar-refractivity contribution < 1.29 is 23.4 Å². The van der Waals surface area contributed by atoms with E-state index in [1.54, 1.807) is 6.07 Å². The van der Waals surface area contributed by atoms with Gasteiger partial charge < -0.3 is 9.84 Å². The number of nitrogens with zero attached hydrogens (tertiary/aromatic N) is 1. The van der Waals surface area contributed by atoms with Gasteiger partial charge in [0.25, 0.3) is 6.43 Å². The van der Waals surface area contributed by atoms with E-state index in [0.717, 1.165) is 6.07 Å². The molecule has 0 aliphatic heterocycles. The Morgan fingerprint density at radius 3 is 2.65 bits per heavy atom. The van der Waals surface area contributed by atoms with Crippen LogP contribution in [0.3, 0.4) is 0 Å². The van der Waals surface area contributed by atoms with Gasteiger partial charge in [-0.1, -0.05) is 0 Å². The standard InChI is InChI=1S/C11H9F2NO3/c1-17-9-3-2-6(11(12)13)8(5-14)7(9)4-10(15)16/h2-3,11H,4H2,1H3,(H,15,16). The number of carbonyl (C=O) groups is 1. The summed E-state index contributed by atoms with van der Waals surface area (Å²) < 4.78 is 30.1. The molecule has 0 saturated heterocycles. The second-order valence-electron chi connectivity index (χ2n) is 3.19. The van der Waals surface area contributed by atoms with Gasteiger partial charge in [0, 0.05) is 11.1 Å². The molecular formula is C11H9F2NO3. The number of nitriles is 1. The zero-order chi connectivity index (χ0) is 13.0. The maximum absolute atomic E-state index is 12.6. The van der Waals surface area contributed by atoms with E-state index in [1.165, 1.54) is 13.2 Å². The third-order valence-electron chi connectivity index (χ3n) is 2.20. The van der Waals surface area contributed by atoms with E-state index in [4.69, 9.17) is 15.1 Å². The van der Waals surface area contributed by atoms with Crippen molar-refractivity contribution in [3.63, 3.8) is 0 Å². The first-order valence-corrected chi connectivity index (χ1v) is 4.61. The van der Waals surface area contributed by atoms with Crippen LogP contribution in [0.15, 0.2) is 12.1 Å². The van der Waals surface area contributed by atoms with E-state index < -0.39 is 24.4 Å². The maximum Gasteiger partial charge on any atom is 0.308 e. The molecule has 0 fully saturated rings. The van der Waals surface area contributed by atoms with E-state index in [1.807, 2.05) is 0 Å². The van der Waals surface area contributed by atoms with E-state index in [2.05, 4.69) is 0 Å². The van der Waals surface area contributed by atoms with E-state index in [9.17, 15) is 13.6 Å². The van der Waals surface area contributed by atoms with E-state index >= 15 is 0 Å². The zero-order valence-corrected chi connectivity index (χ0v) is 8.91. The van der Waals surface area contributed by atoms with Crippen molar-refractivity contribution in [3.05, 3.63) is 28.8 Å². The van der Waals surface area contributed by atoms with Crippen LogP contribution in [0, 0.1) is 11.3 Å². The molecule has 0 aliphatic rings. The summed E-state index contributed by atoms with van der Waals surface area (Å²) in [7, 11) is 1.28. The van der Waals surface area contributed by atoms with Crippen molar-refractivity contribution in [3.8, 4) is 11.8 Å². The molecule has 1 N–H and O–H groups in total. The van der Waals surface area contributed by atoms with Crippen molar-refractivity contribution in [2.45, 2.75) is 12.8 Å². The lowest BCUT2D eigenvalue weighted by atomic mass is 9.98. The Balaban J connectivity index is 3.44. The lowest BCUT2D eigenvalue weighted by Gasteiger charge is -2.11. The van der Waals surface area contributed by atoms with Crippen LogP contribution in [0.5, 0.6) is 5.75 Å². The van der Waals surface area contributed by atoms with Gasteiger partial charge >= 0.3 is 5.97 Å². The Morgan fingerprint density at radius 2 is 2.24 bits per heavy atom. The van der Waals surface area contributed by atoms with Gasteiger partial charge in [-0.15, -0.1) is 0 Å². The largest absolute Gasteiger partial charge is 0.496 e. The van der Waals surface area contributed by atoms with Crippen LogP contribution in [-0.4, -0.2) is 18.2 Å². The molecule has 0 unspecified atom stereocenters. The number of ether oxygens (including phenoxy) is 1. The van der Waals surface area contributed by atoms with Crippen molar-refractivity contribution in [2.75, 3.05) is 7.11 Å². The molecule has 0 heterocycles. The molecule has 0 bridgehead atoms. The smallest absolute Gasteiger partial charge is 0.308 e. The Bertz CT molecular complexity index is 480. The minimum absolute atomic E-state index is 0.0275. The van der Waals surface area contributed by atoms with Crippen LogP contribution in [0.1, 0.15) is 23.1 Å². The third kappa shape index (κ3) is 2.69. The lowest BCUT2D eigenvalue weighted by Crippen LogP contribution is -2.07. The highest BCUT2D eigenvalue weighted by Crippen LogP contribution is 2.31. The maximum atomic E-state index is 12.6. The average molecular weight is 241 g/mol. The van der Waals surface area contributed by atoms with Gasteiger partial charge in [-0.05, 0) is 12.1 Å². The number of aliphatic carboxylic acids is 1. The van der Waals surface area contributed by atoms with Crippen LogP contribution in [-0.2, 0) is 11.2 Å². The van der Waals surface area contributed by atoms with Gasteiger partial charge in [0.2, 0.25) is 0 Å². The Morgan fingerprint density at radius 1 is 1.59 bits per heavy atom. The highest BCUT2D eigenvalue weighted by molar-refractivity contribution is 5.73. The highest BCUT2D eigenvalue weighted by atomic mass is 19.3. The molecule has 17 heavy (non-hydrogen) atoms. The van der Waals surface area contributed by atoms with Gasteiger partial charge in [0.05, 0.1) is 19.1 Å². The van der Waals surface area contributed by atoms with Crippen molar-refractivity contribution in [1.29, 1.82) is 5.26 Å². The fourth-order valence-electron chi connectivity index (χ4n) is 1.48. The summed E-state index contributed by atoms with van der Waals surface area (Å²) in [6.07, 6.45) is -3.37. The molecule has 0 spiro atoms. The summed E-state index contributed by atoms with van der Waals surface area (Å²) in [5.41, 5.74) is -0.841. The molecule has 6 heteroatoms. The number of hydrogen-bond acceptors (Lipinski definition) is 3. The molecule has 1 aromatic carbocycles. The second kappa shape index (κ2) is 5.25. The summed E-state index contributed by atoms with van der Waals surface area (Å²) in [4.78, 5) is 10.6. The van der Waals surface area contributed by atoms with E-state index in [0.29, 0.717) is 0 Å². The monoisotopic (exact) mass is 241 g/mol. The van der Waals surface area contributed by atoms with Crippen LogP contribution in [0.4, 0.5) is 8.78 Å². The second-order valence-corrected chi connectivity index (χ2v) is 3.19. The number of alkyl halides is 2. The SMILES string of the molecule is COc1ccc(C(F)F)c(C#N)c1CC(=O)O. The fourth-order valence-corrected chi connectivity index (χ4v) is 1.48. The molecule has 1 rings (SSSR count). The van der Waals surface area contributed by atoms with Crippen LogP contribution < -0.4 is 4.74 Å². The first kappa shape index (κ1) is 12.9. The summed E-state index contributed by atoms with van der Waals surface area (Å²) in [5.74, 6) is -1.10. The van der Waals surface area contributed by atoms with Crippen molar-refractivity contribution in [1.82, 2.24) is 0 Å². The molecular weight excluding hydrogens is 232 g/mol. The van der Waals surface area contributed by atoms with Gasteiger partial charge in [-0.25, -0.2) is 8.78 Å². The molecule has 0 atom stereocenters. The lowest BCUT2D eigenvalue weighted by molar-refractivity contribution is -0.136. The normalized spacial score (nSPS) is 10.1. The first-order valence-electron chi connectivity index (χ1n) is 4.61. The molecule has 0 saturated carbocycles. The van der Waals surface area contributed by atoms with Gasteiger partial charge in [-0.3, -0.25) is 4.79 Å². The molecule has 0 aromatic heterocycles. The van der Waals surface area contributed by atoms with Gasteiger partial charge in [0.15, 0.2) is 0 Å². The molecule has 0 radical (unpaired) electrons. The molecule has 4 nitrogen and oxygen atoms in total. The fraction of sp³-hybridized carbons (Fsp3) is 0.273. The number of methoxy groups -OCH3 is 1. The van der Waals surface area contributed by atoms with Crippen LogP contribution >= 0.6 is 0 Å². The van der Waals surface area contributed by atoms with Gasteiger partial charge in [-0.2, -0.15) is 5.26 Å². The Kier molecular flexibility index (Phi) is 3.99. The molecule has 0 amide bonds. The van der Waals surface area contributed by atoms with Gasteiger partial charge in [0.1, 0.15) is 11.8 Å². The Labute approximate surface area is 96.0 Å². The van der Waals surface area contributed by atoms with Crippen LogP contribution in [0.25, 0.3) is 0 Å². The summed E-state index contributed by atoms with van der Waals surface area (Å²) in [5, 5.41) is 17.5. The average Bonchev–Trinajstić information content (AvgIpc) is 2.27. The molecule has 90 valence electrons. The minimum Gasteiger partial charge on any atom is -0.496 e. The van der Waals surface area contributed by atoms with Crippen molar-refractivity contribution >= 4 is 5.97 Å². The molecule has 0 aliphatic carbocycles. The zero-order valence-electron chi connectivity index (χ0n) is 8.91. The van der Waals surface area contributed by atoms with E-state index in [-0.39, 0.29) is 16.9 Å². The summed E-state index contributed by atoms with van der Waals surface area (Å²) in [6.45, 7) is 0. The predicted molar refractivity (Wildman–Crippen MR) is 54.0 cm³/mol. The Hall–Kier alpha value is -2.16. The first-order chi connectivity index (χ1) is 8.01. The number of rotatable bonds is 4. The summed E-state index contributed by atoms with van der Waals surface area (Å²) in [6, 6.07) is 3.90. The van der Waals surface area contributed by atoms with Crippen molar-refractivity contribution in [2.24, 2.45) is 0 Å². The molecule has 1 aromatic rings. The summed E-state index contributed by atoms with van der Waals surface area (Å²) >= 11 is 0. The van der Waals surface area contributed by atoms with Crippen LogP contribution in [0.2, 0.25) is 0 Å². The highest BCUT2D eigenvalue weighted by Gasteiger charge is 2.21. The number of benzene rings is 1. The number of hydrogen-bond donors (Lipinski definition) is 1. The number of carboxylic acids is 1. The topological polar surface area (TPSA) is 70.3 Å². The predicted octanol–water partition coefficient (Wildman–Crippen LogP) is 2.13. The quantitative estimate of drug-likeness (QED) is 0.876. The number of halogens is 2. The number of carboxylic acid groups (broad SMARTS) is 1. The third-order valence-corrected chi connectivity index (χ3v) is 2.20.